The zero-order valence-electron chi connectivity index (χ0n) is 44.2. The number of anilines is 6. The Kier molecular flexibility index (Phi) is 18.2. The van der Waals surface area contributed by atoms with Crippen LogP contribution in [0.4, 0.5) is 34.1 Å². The van der Waals surface area contributed by atoms with Crippen molar-refractivity contribution in [3.63, 3.8) is 0 Å². The van der Waals surface area contributed by atoms with E-state index in [2.05, 4.69) is 350 Å². The highest BCUT2D eigenvalue weighted by atomic mass is 15.1. The largest absolute Gasteiger partial charge is 0.311 e. The molecule has 0 bridgehead atoms. The summed E-state index contributed by atoms with van der Waals surface area (Å²) in [5.41, 5.74) is 18.3. The molecule has 0 unspecified atom stereocenters. The Balaban J connectivity index is 0.867. The number of nitrogens with zero attached hydrogens (tertiary/aromatic N) is 2. The SMILES string of the molecule is C(C=Cc1ccc(N(c2ccc(C=CC=Cc3ccccc3)cc2)c2ccc(Cc3ccc(N(c4ccc(C=CC=Cc5ccccc5)cc4)c4ccc(C=CC=Cc5ccccc5)cc4)cc3)cc2)cc1)=Cc1ccccc1. The summed E-state index contributed by atoms with van der Waals surface area (Å²) in [6.45, 7) is 0. The average Bonchev–Trinajstić information content (AvgIpc) is 3.51. The van der Waals surface area contributed by atoms with Gasteiger partial charge < -0.3 is 9.80 Å². The van der Waals surface area contributed by atoms with Gasteiger partial charge in [-0.1, -0.05) is 291 Å². The molecule has 0 saturated carbocycles. The average molecular weight is 1020 g/mol. The molecule has 10 aromatic carbocycles. The molecule has 0 amide bonds. The van der Waals surface area contributed by atoms with Crippen LogP contribution < -0.4 is 9.80 Å². The lowest BCUT2D eigenvalue weighted by atomic mass is 10.0. The Bertz CT molecular complexity index is 3240. The summed E-state index contributed by atoms with van der Waals surface area (Å²) in [7, 11) is 0. The topological polar surface area (TPSA) is 6.48 Å². The predicted octanol–water partition coefficient (Wildman–Crippen LogP) is 21.1. The Hall–Kier alpha value is -10.3. The van der Waals surface area contributed by atoms with Crippen molar-refractivity contribution in [2.75, 3.05) is 9.80 Å². The summed E-state index contributed by atoms with van der Waals surface area (Å²) in [5.74, 6) is 0. The summed E-state index contributed by atoms with van der Waals surface area (Å²) >= 11 is 0. The lowest BCUT2D eigenvalue weighted by Crippen LogP contribution is -2.10. The molecule has 0 aliphatic carbocycles. The van der Waals surface area contributed by atoms with Gasteiger partial charge in [0.05, 0.1) is 0 Å². The van der Waals surface area contributed by atoms with Gasteiger partial charge in [0, 0.05) is 34.1 Å². The summed E-state index contributed by atoms with van der Waals surface area (Å²) in [4.78, 5) is 4.66. The van der Waals surface area contributed by atoms with Crippen molar-refractivity contribution in [1.82, 2.24) is 0 Å². The number of hydrogen-bond acceptors (Lipinski definition) is 2. The van der Waals surface area contributed by atoms with E-state index in [1.807, 2.05) is 24.3 Å². The molecule has 0 spiro atoms. The van der Waals surface area contributed by atoms with Crippen molar-refractivity contribution in [1.29, 1.82) is 0 Å². The maximum Gasteiger partial charge on any atom is 0.0462 e. The molecule has 0 heterocycles. The van der Waals surface area contributed by atoms with E-state index in [1.54, 1.807) is 0 Å². The van der Waals surface area contributed by atoms with Crippen LogP contribution in [0.15, 0.2) is 316 Å². The Labute approximate surface area is 467 Å². The van der Waals surface area contributed by atoms with Crippen LogP contribution in [-0.4, -0.2) is 0 Å². The zero-order valence-corrected chi connectivity index (χ0v) is 44.2. The van der Waals surface area contributed by atoms with Crippen LogP contribution in [0.25, 0.3) is 48.6 Å². The van der Waals surface area contributed by atoms with Crippen molar-refractivity contribution in [3.8, 4) is 0 Å². The third kappa shape index (κ3) is 15.4. The second kappa shape index (κ2) is 27.5. The quantitative estimate of drug-likeness (QED) is 0.0702. The summed E-state index contributed by atoms with van der Waals surface area (Å²) in [6.07, 6.45) is 34.6. The monoisotopic (exact) mass is 1010 g/mol. The minimum atomic E-state index is 0.805. The third-order valence-corrected chi connectivity index (χ3v) is 13.4. The van der Waals surface area contributed by atoms with Crippen LogP contribution in [-0.2, 0) is 6.42 Å². The molecule has 79 heavy (non-hydrogen) atoms. The highest BCUT2D eigenvalue weighted by Gasteiger charge is 2.15. The fraction of sp³-hybridized carbons (Fsp3) is 0.0130. The van der Waals surface area contributed by atoms with Gasteiger partial charge in [-0.05, 0) is 135 Å². The molecule has 2 heteroatoms. The van der Waals surface area contributed by atoms with E-state index in [4.69, 9.17) is 0 Å². The smallest absolute Gasteiger partial charge is 0.0462 e. The van der Waals surface area contributed by atoms with Crippen LogP contribution >= 0.6 is 0 Å². The van der Waals surface area contributed by atoms with Gasteiger partial charge in [-0.2, -0.15) is 0 Å². The normalized spacial score (nSPS) is 11.9. The first-order valence-corrected chi connectivity index (χ1v) is 26.9. The van der Waals surface area contributed by atoms with E-state index >= 15 is 0 Å². The van der Waals surface area contributed by atoms with Crippen LogP contribution in [0.1, 0.15) is 55.6 Å². The molecule has 0 fully saturated rings. The van der Waals surface area contributed by atoms with Gasteiger partial charge in [-0.3, -0.25) is 0 Å². The van der Waals surface area contributed by atoms with Gasteiger partial charge in [0.15, 0.2) is 0 Å². The lowest BCUT2D eigenvalue weighted by Gasteiger charge is -2.26. The molecule has 0 aromatic heterocycles. The Morgan fingerprint density at radius 3 is 0.532 bits per heavy atom. The first kappa shape index (κ1) is 52.2. The van der Waals surface area contributed by atoms with Crippen molar-refractivity contribution >= 4 is 82.7 Å². The molecular formula is C77H62N2. The molecule has 0 radical (unpaired) electrons. The van der Waals surface area contributed by atoms with Gasteiger partial charge in [0.1, 0.15) is 0 Å². The van der Waals surface area contributed by atoms with Gasteiger partial charge >= 0.3 is 0 Å². The molecule has 380 valence electrons. The van der Waals surface area contributed by atoms with Crippen LogP contribution in [0.3, 0.4) is 0 Å². The molecule has 0 N–H and O–H groups in total. The molecule has 10 aromatic rings. The second-order valence-corrected chi connectivity index (χ2v) is 19.1. The zero-order chi connectivity index (χ0) is 53.5. The van der Waals surface area contributed by atoms with Crippen LogP contribution in [0.5, 0.6) is 0 Å². The number of allylic oxidation sites excluding steroid dienone is 8. The van der Waals surface area contributed by atoms with Crippen molar-refractivity contribution in [2.24, 2.45) is 0 Å². The van der Waals surface area contributed by atoms with Crippen molar-refractivity contribution < 1.29 is 0 Å². The van der Waals surface area contributed by atoms with E-state index in [0.717, 1.165) is 62.8 Å². The van der Waals surface area contributed by atoms with E-state index in [-0.39, 0.29) is 0 Å². The molecular weight excluding hydrogens is 953 g/mol. The maximum absolute atomic E-state index is 2.33. The van der Waals surface area contributed by atoms with Gasteiger partial charge in [-0.25, -0.2) is 0 Å². The summed E-state index contributed by atoms with van der Waals surface area (Å²) in [5, 5.41) is 0. The standard InChI is InChI=1S/C77H62N2/c1-5-21-62(22-6-1)29-13-17-33-66-37-49-72(50-38-66)78(73-51-39-67(40-52-73)34-18-14-30-63-23-7-2-8-24-63)76-57-45-70(46-58-76)61-71-47-59-77(60-48-71)79(74-53-41-68(42-54-74)35-19-15-31-64-25-9-3-10-26-64)75-55-43-69(44-56-75)36-20-16-32-65-27-11-4-12-28-65/h1-60H,61H2. The van der Waals surface area contributed by atoms with Crippen molar-refractivity contribution in [3.05, 3.63) is 371 Å². The van der Waals surface area contributed by atoms with Gasteiger partial charge in [0.2, 0.25) is 0 Å². The molecule has 0 atom stereocenters. The first-order valence-electron chi connectivity index (χ1n) is 26.9. The van der Waals surface area contributed by atoms with Crippen LogP contribution in [0, 0.1) is 0 Å². The highest BCUT2D eigenvalue weighted by molar-refractivity contribution is 5.80. The summed E-state index contributed by atoms with van der Waals surface area (Å²) < 4.78 is 0. The third-order valence-electron chi connectivity index (χ3n) is 13.4. The number of rotatable bonds is 20. The minimum Gasteiger partial charge on any atom is -0.311 e. The minimum absolute atomic E-state index is 0.805. The number of hydrogen-bond donors (Lipinski definition) is 0. The molecule has 2 nitrogen and oxygen atoms in total. The highest BCUT2D eigenvalue weighted by Crippen LogP contribution is 2.37. The summed E-state index contributed by atoms with van der Waals surface area (Å²) in [6, 6.07) is 94.6. The molecule has 0 saturated heterocycles. The fourth-order valence-corrected chi connectivity index (χ4v) is 9.18. The maximum atomic E-state index is 2.33. The molecule has 10 rings (SSSR count). The van der Waals surface area contributed by atoms with Crippen LogP contribution in [0.2, 0.25) is 0 Å². The second-order valence-electron chi connectivity index (χ2n) is 19.1. The number of benzene rings is 10. The van der Waals surface area contributed by atoms with Gasteiger partial charge in [0.25, 0.3) is 0 Å². The fourth-order valence-electron chi connectivity index (χ4n) is 9.18. The molecule has 0 aliphatic heterocycles. The lowest BCUT2D eigenvalue weighted by molar-refractivity contribution is 1.18. The van der Waals surface area contributed by atoms with E-state index in [9.17, 15) is 0 Å². The Morgan fingerprint density at radius 1 is 0.177 bits per heavy atom. The molecule has 0 aliphatic rings. The van der Waals surface area contributed by atoms with Gasteiger partial charge in [-0.15, -0.1) is 0 Å². The van der Waals surface area contributed by atoms with E-state index in [1.165, 1.54) is 33.4 Å². The predicted molar refractivity (Wildman–Crippen MR) is 343 cm³/mol. The van der Waals surface area contributed by atoms with Crippen molar-refractivity contribution in [2.45, 2.75) is 6.42 Å². The Morgan fingerprint density at radius 2 is 0.342 bits per heavy atom. The van der Waals surface area contributed by atoms with E-state index in [0.29, 0.717) is 0 Å². The van der Waals surface area contributed by atoms with E-state index < -0.39 is 0 Å². The first-order chi connectivity index (χ1) is 39.1.